The zero-order valence-electron chi connectivity index (χ0n) is 30.7. The summed E-state index contributed by atoms with van der Waals surface area (Å²) in [5.74, 6) is 0. The molecule has 1 heterocycles. The van der Waals surface area contributed by atoms with Crippen LogP contribution < -0.4 is 5.43 Å². The van der Waals surface area contributed by atoms with Crippen molar-refractivity contribution in [1.82, 2.24) is 4.68 Å². The molecule has 1 aromatic heterocycles. The Labute approximate surface area is 319 Å². The van der Waals surface area contributed by atoms with Gasteiger partial charge >= 0.3 is 0 Å². The summed E-state index contributed by atoms with van der Waals surface area (Å²) in [4.78, 5) is 0. The average molecular weight is 704 g/mol. The van der Waals surface area contributed by atoms with Gasteiger partial charge in [-0.1, -0.05) is 178 Å². The van der Waals surface area contributed by atoms with Gasteiger partial charge in [0.15, 0.2) is 0 Å². The lowest BCUT2D eigenvalue weighted by atomic mass is 9.78. The number of hydrogen-bond donors (Lipinski definition) is 2. The van der Waals surface area contributed by atoms with Gasteiger partial charge in [0, 0.05) is 38.1 Å². The monoisotopic (exact) mass is 703 g/mol. The van der Waals surface area contributed by atoms with Gasteiger partial charge in [0.05, 0.1) is 22.4 Å². The van der Waals surface area contributed by atoms with Gasteiger partial charge in [-0.3, -0.25) is 15.5 Å². The maximum absolute atomic E-state index is 9.79. The number of fused-ring (bicyclic) bond motifs is 12. The molecule has 0 saturated heterocycles. The SMILES string of the molecule is CC1(C)C(C(=N)c2ccccc2)=C(Nn2c3c4ccccc4c(-c4ccc5ccccc5c4)cc3c3c4ccccc4c4ccccc4c32)c2ccccc21. The van der Waals surface area contributed by atoms with E-state index in [0.29, 0.717) is 5.71 Å². The minimum absolute atomic E-state index is 0.412. The molecule has 0 spiro atoms. The summed E-state index contributed by atoms with van der Waals surface area (Å²) in [5.41, 5.74) is 14.1. The molecule has 1 aliphatic carbocycles. The predicted octanol–water partition coefficient (Wildman–Crippen LogP) is 13.4. The molecule has 0 amide bonds. The average Bonchev–Trinajstić information content (AvgIpc) is 3.68. The lowest BCUT2D eigenvalue weighted by Gasteiger charge is -2.25. The van der Waals surface area contributed by atoms with Gasteiger partial charge in [0.25, 0.3) is 0 Å². The molecular weight excluding hydrogens is 667 g/mol. The first kappa shape index (κ1) is 31.5. The summed E-state index contributed by atoms with van der Waals surface area (Å²) < 4.78 is 2.36. The largest absolute Gasteiger partial charge is 0.300 e. The van der Waals surface area contributed by atoms with E-state index in [2.05, 4.69) is 170 Å². The van der Waals surface area contributed by atoms with Crippen LogP contribution in [0, 0.1) is 5.41 Å². The molecule has 9 aromatic carbocycles. The summed E-state index contributed by atoms with van der Waals surface area (Å²) in [6.07, 6.45) is 0. The standard InChI is InChI=1S/C52H37N3/c1-52(2)45-27-15-14-26-42(45)49(47(52)48(53)33-17-4-3-5-18-33)54-55-50-40-24-12-10-22-38(40)43(35-29-28-32-16-6-7-19-34(32)30-35)31-44(50)46-39-23-11-8-20-36(39)37-21-9-13-25-41(37)51(46)55/h3-31,53-54H,1-2H3. The van der Waals surface area contributed by atoms with Crippen molar-refractivity contribution in [2.75, 3.05) is 5.43 Å². The smallest absolute Gasteiger partial charge is 0.0795 e. The Kier molecular flexibility index (Phi) is 6.75. The normalized spacial score (nSPS) is 13.8. The zero-order chi connectivity index (χ0) is 36.8. The topological polar surface area (TPSA) is 40.8 Å². The van der Waals surface area contributed by atoms with Gasteiger partial charge in [-0.2, -0.15) is 0 Å². The summed E-state index contributed by atoms with van der Waals surface area (Å²) in [5, 5.41) is 21.9. The van der Waals surface area contributed by atoms with Crippen LogP contribution >= 0.6 is 0 Å². The third-order valence-electron chi connectivity index (χ3n) is 12.0. The summed E-state index contributed by atoms with van der Waals surface area (Å²) in [6.45, 7) is 4.51. The lowest BCUT2D eigenvalue weighted by molar-refractivity contribution is 0.661. The van der Waals surface area contributed by atoms with Crippen LogP contribution in [0.25, 0.3) is 81.7 Å². The Morgan fingerprint density at radius 1 is 0.491 bits per heavy atom. The Hall–Kier alpha value is -6.97. The molecule has 2 N–H and O–H groups in total. The number of hydrogen-bond acceptors (Lipinski definition) is 2. The Morgan fingerprint density at radius 2 is 1.07 bits per heavy atom. The molecule has 0 saturated carbocycles. The van der Waals surface area contributed by atoms with Crippen molar-refractivity contribution in [2.24, 2.45) is 0 Å². The van der Waals surface area contributed by atoms with Crippen molar-refractivity contribution in [3.63, 3.8) is 0 Å². The van der Waals surface area contributed by atoms with E-state index in [4.69, 9.17) is 0 Å². The second-order valence-corrected chi connectivity index (χ2v) is 15.4. The van der Waals surface area contributed by atoms with Crippen LogP contribution in [-0.4, -0.2) is 10.4 Å². The highest BCUT2D eigenvalue weighted by Crippen LogP contribution is 2.49. The highest BCUT2D eigenvalue weighted by molar-refractivity contribution is 6.35. The molecule has 0 bridgehead atoms. The molecule has 0 radical (unpaired) electrons. The van der Waals surface area contributed by atoms with E-state index >= 15 is 0 Å². The number of allylic oxidation sites excluding steroid dienone is 1. The molecule has 55 heavy (non-hydrogen) atoms. The van der Waals surface area contributed by atoms with Gasteiger partial charge in [0.2, 0.25) is 0 Å². The molecule has 260 valence electrons. The molecule has 0 aliphatic heterocycles. The molecule has 0 atom stereocenters. The number of nitrogens with zero attached hydrogens (tertiary/aromatic N) is 1. The zero-order valence-corrected chi connectivity index (χ0v) is 30.7. The van der Waals surface area contributed by atoms with Crippen LogP contribution in [-0.2, 0) is 5.41 Å². The van der Waals surface area contributed by atoms with E-state index in [-0.39, 0.29) is 0 Å². The van der Waals surface area contributed by atoms with Gasteiger partial charge in [-0.25, -0.2) is 0 Å². The maximum atomic E-state index is 9.79. The van der Waals surface area contributed by atoms with Crippen LogP contribution in [0.2, 0.25) is 0 Å². The number of aromatic nitrogens is 1. The maximum Gasteiger partial charge on any atom is 0.0795 e. The van der Waals surface area contributed by atoms with E-state index < -0.39 is 5.41 Å². The van der Waals surface area contributed by atoms with E-state index in [1.54, 1.807) is 0 Å². The van der Waals surface area contributed by atoms with Gasteiger partial charge in [0.1, 0.15) is 0 Å². The molecule has 0 unspecified atom stereocenters. The first-order chi connectivity index (χ1) is 27.0. The minimum Gasteiger partial charge on any atom is -0.300 e. The first-order valence-electron chi connectivity index (χ1n) is 19.0. The summed E-state index contributed by atoms with van der Waals surface area (Å²) >= 11 is 0. The van der Waals surface area contributed by atoms with Crippen LogP contribution in [0.1, 0.15) is 30.5 Å². The molecule has 10 aromatic rings. The number of rotatable bonds is 5. The Morgan fingerprint density at radius 3 is 1.84 bits per heavy atom. The summed E-state index contributed by atoms with van der Waals surface area (Å²) in [7, 11) is 0. The van der Waals surface area contributed by atoms with E-state index in [0.717, 1.165) is 33.4 Å². The van der Waals surface area contributed by atoms with Gasteiger partial charge in [-0.15, -0.1) is 0 Å². The van der Waals surface area contributed by atoms with Crippen molar-refractivity contribution in [1.29, 1.82) is 5.41 Å². The van der Waals surface area contributed by atoms with Crippen LogP contribution in [0.15, 0.2) is 181 Å². The third kappa shape index (κ3) is 4.53. The third-order valence-corrected chi connectivity index (χ3v) is 12.0. The molecule has 0 fully saturated rings. The highest BCUT2D eigenvalue weighted by Gasteiger charge is 2.40. The fourth-order valence-electron chi connectivity index (χ4n) is 9.48. The molecule has 1 aliphatic rings. The van der Waals surface area contributed by atoms with Crippen molar-refractivity contribution in [3.8, 4) is 11.1 Å². The van der Waals surface area contributed by atoms with E-state index in [1.807, 2.05) is 30.3 Å². The Bertz CT molecular complexity index is 3270. The number of benzene rings is 9. The Balaban J connectivity index is 1.31. The second-order valence-electron chi connectivity index (χ2n) is 15.4. The predicted molar refractivity (Wildman–Crippen MR) is 234 cm³/mol. The van der Waals surface area contributed by atoms with Crippen LogP contribution in [0.5, 0.6) is 0 Å². The number of nitrogens with one attached hydrogen (secondary N) is 2. The van der Waals surface area contributed by atoms with Crippen LogP contribution in [0.3, 0.4) is 0 Å². The fraction of sp³-hybridized carbons (Fsp3) is 0.0577. The molecular formula is C52H37N3. The lowest BCUT2D eigenvalue weighted by Crippen LogP contribution is -2.25. The second kappa shape index (κ2) is 11.8. The van der Waals surface area contributed by atoms with E-state index in [9.17, 15) is 5.41 Å². The molecule has 3 heteroatoms. The van der Waals surface area contributed by atoms with Crippen molar-refractivity contribution in [3.05, 3.63) is 198 Å². The molecule has 3 nitrogen and oxygen atoms in total. The van der Waals surface area contributed by atoms with Gasteiger partial charge < -0.3 is 0 Å². The van der Waals surface area contributed by atoms with Crippen LogP contribution in [0.4, 0.5) is 0 Å². The van der Waals surface area contributed by atoms with E-state index in [1.165, 1.54) is 70.6 Å². The van der Waals surface area contributed by atoms with Crippen molar-refractivity contribution in [2.45, 2.75) is 19.3 Å². The first-order valence-corrected chi connectivity index (χ1v) is 19.0. The van der Waals surface area contributed by atoms with Crippen molar-refractivity contribution >= 4 is 76.3 Å². The van der Waals surface area contributed by atoms with Gasteiger partial charge in [-0.05, 0) is 66.7 Å². The van der Waals surface area contributed by atoms with Crippen molar-refractivity contribution < 1.29 is 0 Å². The highest BCUT2D eigenvalue weighted by atomic mass is 15.4. The summed E-state index contributed by atoms with van der Waals surface area (Å²) in [6, 6.07) is 63.2. The quantitative estimate of drug-likeness (QED) is 0.136. The fourth-order valence-corrected chi connectivity index (χ4v) is 9.48. The molecule has 11 rings (SSSR count). The minimum atomic E-state index is -0.412.